The molecule has 0 saturated carbocycles. The van der Waals surface area contributed by atoms with Gasteiger partial charge in [-0.1, -0.05) is 0 Å². The normalized spacial score (nSPS) is 20.4. The zero-order valence-corrected chi connectivity index (χ0v) is 12.2. The lowest BCUT2D eigenvalue weighted by molar-refractivity contribution is 0.201. The molecular formula is C15H22N4O. The monoisotopic (exact) mass is 274 g/mol. The Balaban J connectivity index is 1.82. The van der Waals surface area contributed by atoms with Crippen molar-refractivity contribution >= 4 is 0 Å². The highest BCUT2D eigenvalue weighted by Crippen LogP contribution is 2.25. The molecule has 0 bridgehead atoms. The SMILES string of the molecule is Cc1ccc(-c2nn(C)cc2CN2CCC[C@@H](N)C2)o1. The molecule has 1 aliphatic heterocycles. The van der Waals surface area contributed by atoms with Crippen molar-refractivity contribution in [2.75, 3.05) is 13.1 Å². The number of likely N-dealkylation sites (tertiary alicyclic amines) is 1. The Hall–Kier alpha value is -1.59. The topological polar surface area (TPSA) is 60.2 Å². The van der Waals surface area contributed by atoms with Gasteiger partial charge in [-0.25, -0.2) is 0 Å². The van der Waals surface area contributed by atoms with Crippen LogP contribution in [0.5, 0.6) is 0 Å². The maximum absolute atomic E-state index is 6.06. The zero-order chi connectivity index (χ0) is 14.1. The van der Waals surface area contributed by atoms with E-state index in [4.69, 9.17) is 10.2 Å². The van der Waals surface area contributed by atoms with Gasteiger partial charge in [0.2, 0.25) is 0 Å². The summed E-state index contributed by atoms with van der Waals surface area (Å²) in [7, 11) is 1.95. The second-order valence-corrected chi connectivity index (χ2v) is 5.72. The summed E-state index contributed by atoms with van der Waals surface area (Å²) in [5, 5.41) is 4.54. The summed E-state index contributed by atoms with van der Waals surface area (Å²) in [5.74, 6) is 1.76. The number of piperidine rings is 1. The molecule has 0 amide bonds. The Morgan fingerprint density at radius 2 is 2.30 bits per heavy atom. The molecule has 5 nitrogen and oxygen atoms in total. The first-order valence-corrected chi connectivity index (χ1v) is 7.19. The van der Waals surface area contributed by atoms with Gasteiger partial charge in [-0.3, -0.25) is 9.58 Å². The lowest BCUT2D eigenvalue weighted by Gasteiger charge is -2.30. The second-order valence-electron chi connectivity index (χ2n) is 5.72. The minimum Gasteiger partial charge on any atom is -0.460 e. The highest BCUT2D eigenvalue weighted by molar-refractivity contribution is 5.56. The van der Waals surface area contributed by atoms with Crippen LogP contribution in [0.25, 0.3) is 11.5 Å². The largest absolute Gasteiger partial charge is 0.460 e. The molecule has 1 aliphatic rings. The summed E-state index contributed by atoms with van der Waals surface area (Å²) in [4.78, 5) is 2.41. The van der Waals surface area contributed by atoms with Crippen LogP contribution in [0.3, 0.4) is 0 Å². The van der Waals surface area contributed by atoms with Gasteiger partial charge in [-0.2, -0.15) is 5.10 Å². The molecule has 3 rings (SSSR count). The summed E-state index contributed by atoms with van der Waals surface area (Å²) in [6.07, 6.45) is 4.39. The number of nitrogens with zero attached hydrogens (tertiary/aromatic N) is 3. The van der Waals surface area contributed by atoms with Crippen molar-refractivity contribution in [2.45, 2.75) is 32.4 Å². The molecule has 0 aliphatic carbocycles. The van der Waals surface area contributed by atoms with Crippen LogP contribution in [0, 0.1) is 6.92 Å². The van der Waals surface area contributed by atoms with E-state index in [1.54, 1.807) is 0 Å². The molecule has 1 fully saturated rings. The molecule has 20 heavy (non-hydrogen) atoms. The molecule has 0 spiro atoms. The van der Waals surface area contributed by atoms with Crippen molar-refractivity contribution in [3.8, 4) is 11.5 Å². The molecular weight excluding hydrogens is 252 g/mol. The quantitative estimate of drug-likeness (QED) is 0.929. The maximum Gasteiger partial charge on any atom is 0.154 e. The fourth-order valence-corrected chi connectivity index (χ4v) is 2.90. The van der Waals surface area contributed by atoms with Crippen molar-refractivity contribution in [2.24, 2.45) is 12.8 Å². The number of rotatable bonds is 3. The number of nitrogens with two attached hydrogens (primary N) is 1. The molecule has 2 aromatic heterocycles. The Kier molecular flexibility index (Phi) is 3.63. The van der Waals surface area contributed by atoms with Gasteiger partial charge in [-0.15, -0.1) is 0 Å². The summed E-state index contributed by atoms with van der Waals surface area (Å²) >= 11 is 0. The van der Waals surface area contributed by atoms with Crippen molar-refractivity contribution in [3.63, 3.8) is 0 Å². The van der Waals surface area contributed by atoms with E-state index in [9.17, 15) is 0 Å². The van der Waals surface area contributed by atoms with E-state index in [1.807, 2.05) is 30.8 Å². The fraction of sp³-hybridized carbons (Fsp3) is 0.533. The Morgan fingerprint density at radius 3 is 3.00 bits per heavy atom. The molecule has 0 aromatic carbocycles. The van der Waals surface area contributed by atoms with Crippen LogP contribution in [-0.4, -0.2) is 33.8 Å². The zero-order valence-electron chi connectivity index (χ0n) is 12.2. The number of aromatic nitrogens is 2. The van der Waals surface area contributed by atoms with E-state index in [-0.39, 0.29) is 0 Å². The van der Waals surface area contributed by atoms with Crippen LogP contribution >= 0.6 is 0 Å². The van der Waals surface area contributed by atoms with Gasteiger partial charge in [0.25, 0.3) is 0 Å². The van der Waals surface area contributed by atoms with Crippen LogP contribution in [0.15, 0.2) is 22.7 Å². The standard InChI is InChI=1S/C15H22N4O/c1-11-5-6-14(20-11)15-12(8-18(2)17-15)9-19-7-3-4-13(16)10-19/h5-6,8,13H,3-4,7,9-10,16H2,1-2H3/t13-/m1/s1. The van der Waals surface area contributed by atoms with Gasteiger partial charge >= 0.3 is 0 Å². The summed E-state index contributed by atoms with van der Waals surface area (Å²) in [6.45, 7) is 4.91. The van der Waals surface area contributed by atoms with Crippen molar-refractivity contribution in [3.05, 3.63) is 29.7 Å². The minimum absolute atomic E-state index is 0.301. The Labute approximate surface area is 119 Å². The molecule has 0 radical (unpaired) electrons. The second kappa shape index (κ2) is 5.42. The third-order valence-corrected chi connectivity index (χ3v) is 3.81. The lowest BCUT2D eigenvalue weighted by atomic mass is 10.1. The number of furan rings is 1. The Morgan fingerprint density at radius 1 is 1.45 bits per heavy atom. The van der Waals surface area contributed by atoms with Crippen LogP contribution in [-0.2, 0) is 13.6 Å². The van der Waals surface area contributed by atoms with Crippen molar-refractivity contribution < 1.29 is 4.42 Å². The predicted molar refractivity (Wildman–Crippen MR) is 78.1 cm³/mol. The summed E-state index contributed by atoms with van der Waals surface area (Å²) < 4.78 is 7.57. The average molecular weight is 274 g/mol. The minimum atomic E-state index is 0.301. The molecule has 3 heterocycles. The molecule has 1 atom stereocenters. The highest BCUT2D eigenvalue weighted by atomic mass is 16.3. The van der Waals surface area contributed by atoms with E-state index >= 15 is 0 Å². The van der Waals surface area contributed by atoms with Crippen molar-refractivity contribution in [1.29, 1.82) is 0 Å². The average Bonchev–Trinajstić information content (AvgIpc) is 2.96. The first-order chi connectivity index (χ1) is 9.61. The third kappa shape index (κ3) is 2.78. The molecule has 0 unspecified atom stereocenters. The van der Waals surface area contributed by atoms with Gasteiger partial charge < -0.3 is 10.2 Å². The predicted octanol–water partition coefficient (Wildman–Crippen LogP) is 1.91. The van der Waals surface area contributed by atoms with E-state index < -0.39 is 0 Å². The smallest absolute Gasteiger partial charge is 0.154 e. The van der Waals surface area contributed by atoms with E-state index in [1.165, 1.54) is 12.0 Å². The van der Waals surface area contributed by atoms with E-state index in [0.717, 1.165) is 43.3 Å². The number of hydrogen-bond acceptors (Lipinski definition) is 4. The molecule has 108 valence electrons. The molecule has 1 saturated heterocycles. The van der Waals surface area contributed by atoms with E-state index in [0.29, 0.717) is 6.04 Å². The summed E-state index contributed by atoms with van der Waals surface area (Å²) in [6, 6.07) is 4.27. The van der Waals surface area contributed by atoms with Crippen LogP contribution in [0.1, 0.15) is 24.2 Å². The van der Waals surface area contributed by atoms with Gasteiger partial charge in [0.15, 0.2) is 5.76 Å². The molecule has 5 heteroatoms. The lowest BCUT2D eigenvalue weighted by Crippen LogP contribution is -2.42. The van der Waals surface area contributed by atoms with Crippen molar-refractivity contribution in [1.82, 2.24) is 14.7 Å². The van der Waals surface area contributed by atoms with Crippen LogP contribution < -0.4 is 5.73 Å². The first-order valence-electron chi connectivity index (χ1n) is 7.19. The number of aryl methyl sites for hydroxylation is 2. The Bertz CT molecular complexity index is 586. The van der Waals surface area contributed by atoms with Gasteiger partial charge in [0.1, 0.15) is 11.5 Å². The summed E-state index contributed by atoms with van der Waals surface area (Å²) in [5.41, 5.74) is 8.20. The van der Waals surface area contributed by atoms with Gasteiger partial charge in [-0.05, 0) is 38.4 Å². The van der Waals surface area contributed by atoms with Gasteiger partial charge in [0.05, 0.1) is 0 Å². The first kappa shape index (κ1) is 13.4. The molecule has 2 aromatic rings. The number of hydrogen-bond donors (Lipinski definition) is 1. The van der Waals surface area contributed by atoms with Gasteiger partial charge in [0, 0.05) is 37.9 Å². The maximum atomic E-state index is 6.06. The highest BCUT2D eigenvalue weighted by Gasteiger charge is 2.20. The van der Waals surface area contributed by atoms with Crippen LogP contribution in [0.2, 0.25) is 0 Å². The fourth-order valence-electron chi connectivity index (χ4n) is 2.90. The molecule has 2 N–H and O–H groups in total. The van der Waals surface area contributed by atoms with E-state index in [2.05, 4.69) is 16.2 Å². The third-order valence-electron chi connectivity index (χ3n) is 3.81. The van der Waals surface area contributed by atoms with Crippen LogP contribution in [0.4, 0.5) is 0 Å².